The Kier molecular flexibility index (Phi) is 3.96. The molecule has 0 bridgehead atoms. The second-order valence-corrected chi connectivity index (χ2v) is 4.99. The molecule has 0 aromatic heterocycles. The van der Waals surface area contributed by atoms with Gasteiger partial charge in [0.1, 0.15) is 0 Å². The molecule has 0 saturated heterocycles. The highest BCUT2D eigenvalue weighted by atomic mass is 16.5. The Morgan fingerprint density at radius 1 is 1.29 bits per heavy atom. The van der Waals surface area contributed by atoms with Crippen LogP contribution in [0.4, 0.5) is 0 Å². The fraction of sp³-hybridized carbons (Fsp3) is 1.00. The molecule has 1 rings (SSSR count). The first-order valence-corrected chi connectivity index (χ1v) is 5.77. The van der Waals surface area contributed by atoms with Gasteiger partial charge in [-0.2, -0.15) is 0 Å². The lowest BCUT2D eigenvalue weighted by molar-refractivity contribution is -0.154. The lowest BCUT2D eigenvalue weighted by Gasteiger charge is -2.44. The second kappa shape index (κ2) is 4.63. The minimum Gasteiger partial charge on any atom is -0.387 e. The molecule has 0 spiro atoms. The summed E-state index contributed by atoms with van der Waals surface area (Å²) in [4.78, 5) is 0. The first-order valence-electron chi connectivity index (χ1n) is 5.77. The predicted molar refractivity (Wildman–Crippen MR) is 58.2 cm³/mol. The van der Waals surface area contributed by atoms with Crippen LogP contribution in [0.3, 0.4) is 0 Å². The molecule has 0 aromatic carbocycles. The van der Waals surface area contributed by atoms with E-state index in [-0.39, 0.29) is 6.10 Å². The van der Waals surface area contributed by atoms with Gasteiger partial charge < -0.3 is 9.84 Å². The van der Waals surface area contributed by atoms with E-state index in [1.54, 1.807) is 7.11 Å². The van der Waals surface area contributed by atoms with Crippen molar-refractivity contribution in [1.82, 2.24) is 0 Å². The molecule has 84 valence electrons. The maximum atomic E-state index is 10.6. The average Bonchev–Trinajstić information content (AvgIpc) is 2.17. The molecule has 3 unspecified atom stereocenters. The lowest BCUT2D eigenvalue weighted by Crippen LogP contribution is -2.52. The zero-order valence-electron chi connectivity index (χ0n) is 9.92. The van der Waals surface area contributed by atoms with Crippen LogP contribution in [-0.4, -0.2) is 23.9 Å². The molecule has 2 heteroatoms. The number of methoxy groups -OCH3 is 1. The van der Waals surface area contributed by atoms with Crippen molar-refractivity contribution in [2.45, 2.75) is 58.2 Å². The third-order valence-corrected chi connectivity index (χ3v) is 3.92. The fourth-order valence-electron chi connectivity index (χ4n) is 2.57. The summed E-state index contributed by atoms with van der Waals surface area (Å²) in [7, 11) is 1.72. The molecule has 2 nitrogen and oxygen atoms in total. The molecule has 1 fully saturated rings. The third kappa shape index (κ3) is 2.12. The number of ether oxygens (including phenoxy) is 1. The molecule has 1 N–H and O–H groups in total. The van der Waals surface area contributed by atoms with Crippen molar-refractivity contribution < 1.29 is 9.84 Å². The Morgan fingerprint density at radius 3 is 2.43 bits per heavy atom. The largest absolute Gasteiger partial charge is 0.387 e. The summed E-state index contributed by atoms with van der Waals surface area (Å²) in [6.45, 7) is 6.48. The minimum absolute atomic E-state index is 0.0358. The van der Waals surface area contributed by atoms with Crippen LogP contribution in [0, 0.1) is 11.8 Å². The van der Waals surface area contributed by atoms with Gasteiger partial charge in [0, 0.05) is 7.11 Å². The van der Waals surface area contributed by atoms with Crippen LogP contribution in [0.1, 0.15) is 46.5 Å². The van der Waals surface area contributed by atoms with Crippen LogP contribution < -0.4 is 0 Å². The lowest BCUT2D eigenvalue weighted by atomic mass is 9.70. The summed E-state index contributed by atoms with van der Waals surface area (Å²) in [6.07, 6.45) is 4.25. The normalized spacial score (nSPS) is 36.0. The van der Waals surface area contributed by atoms with Crippen LogP contribution in [0.15, 0.2) is 0 Å². The van der Waals surface area contributed by atoms with E-state index in [4.69, 9.17) is 4.74 Å². The van der Waals surface area contributed by atoms with Crippen molar-refractivity contribution in [2.75, 3.05) is 7.11 Å². The highest BCUT2D eigenvalue weighted by Gasteiger charge is 2.44. The van der Waals surface area contributed by atoms with Crippen molar-refractivity contribution in [3.63, 3.8) is 0 Å². The summed E-state index contributed by atoms with van der Waals surface area (Å²) in [5.41, 5.74) is -0.596. The number of rotatable bonds is 3. The molecule has 1 aliphatic rings. The molecule has 0 amide bonds. The Morgan fingerprint density at radius 2 is 1.93 bits per heavy atom. The summed E-state index contributed by atoms with van der Waals surface area (Å²) in [6, 6.07) is 0. The minimum atomic E-state index is -0.596. The van der Waals surface area contributed by atoms with Crippen molar-refractivity contribution in [3.05, 3.63) is 0 Å². The van der Waals surface area contributed by atoms with Gasteiger partial charge >= 0.3 is 0 Å². The summed E-state index contributed by atoms with van der Waals surface area (Å²) in [5, 5.41) is 10.6. The van der Waals surface area contributed by atoms with E-state index >= 15 is 0 Å². The maximum Gasteiger partial charge on any atom is 0.0935 e. The molecule has 1 aliphatic carbocycles. The molecule has 14 heavy (non-hydrogen) atoms. The Hall–Kier alpha value is -0.0800. The Labute approximate surface area is 87.7 Å². The summed E-state index contributed by atoms with van der Waals surface area (Å²) < 4.78 is 5.43. The molecule has 3 atom stereocenters. The standard InChI is InChI=1S/C12H24O2/c1-9(2)10(3)12(13)8-6-5-7-11(12)14-4/h9-11,13H,5-8H2,1-4H3. The fourth-order valence-corrected chi connectivity index (χ4v) is 2.57. The van der Waals surface area contributed by atoms with E-state index < -0.39 is 5.60 Å². The van der Waals surface area contributed by atoms with Crippen molar-refractivity contribution >= 4 is 0 Å². The molecule has 0 heterocycles. The van der Waals surface area contributed by atoms with Gasteiger partial charge in [0.25, 0.3) is 0 Å². The number of hydrogen-bond donors (Lipinski definition) is 1. The van der Waals surface area contributed by atoms with Crippen LogP contribution in [0.25, 0.3) is 0 Å². The van der Waals surface area contributed by atoms with Gasteiger partial charge in [0.2, 0.25) is 0 Å². The second-order valence-electron chi connectivity index (χ2n) is 4.99. The van der Waals surface area contributed by atoms with Crippen LogP contribution in [-0.2, 0) is 4.74 Å². The third-order valence-electron chi connectivity index (χ3n) is 3.92. The molecular weight excluding hydrogens is 176 g/mol. The van der Waals surface area contributed by atoms with E-state index in [0.29, 0.717) is 11.8 Å². The number of aliphatic hydroxyl groups is 1. The van der Waals surface area contributed by atoms with Crippen LogP contribution in [0.5, 0.6) is 0 Å². The smallest absolute Gasteiger partial charge is 0.0935 e. The quantitative estimate of drug-likeness (QED) is 0.759. The van der Waals surface area contributed by atoms with E-state index in [1.165, 1.54) is 6.42 Å². The predicted octanol–water partition coefficient (Wildman–Crippen LogP) is 2.60. The zero-order valence-corrected chi connectivity index (χ0v) is 9.92. The Bertz CT molecular complexity index is 175. The molecule has 1 saturated carbocycles. The summed E-state index contributed by atoms with van der Waals surface area (Å²) in [5.74, 6) is 0.823. The van der Waals surface area contributed by atoms with E-state index in [1.807, 2.05) is 0 Å². The van der Waals surface area contributed by atoms with Gasteiger partial charge in [-0.1, -0.05) is 33.6 Å². The molecule has 0 radical (unpaired) electrons. The van der Waals surface area contributed by atoms with E-state index in [9.17, 15) is 5.11 Å². The van der Waals surface area contributed by atoms with Gasteiger partial charge in [-0.3, -0.25) is 0 Å². The van der Waals surface area contributed by atoms with E-state index in [2.05, 4.69) is 20.8 Å². The SMILES string of the molecule is COC1CCCCC1(O)C(C)C(C)C. The number of hydrogen-bond acceptors (Lipinski definition) is 2. The van der Waals surface area contributed by atoms with Crippen LogP contribution in [0.2, 0.25) is 0 Å². The average molecular weight is 200 g/mol. The Balaban J connectivity index is 2.76. The van der Waals surface area contributed by atoms with Gasteiger partial charge in [0.05, 0.1) is 11.7 Å². The van der Waals surface area contributed by atoms with Gasteiger partial charge in [0.15, 0.2) is 0 Å². The highest BCUT2D eigenvalue weighted by molar-refractivity contribution is 4.95. The molecule has 0 aliphatic heterocycles. The van der Waals surface area contributed by atoms with Crippen molar-refractivity contribution in [3.8, 4) is 0 Å². The first-order chi connectivity index (χ1) is 6.52. The van der Waals surface area contributed by atoms with Gasteiger partial charge in [-0.25, -0.2) is 0 Å². The van der Waals surface area contributed by atoms with Gasteiger partial charge in [-0.15, -0.1) is 0 Å². The zero-order chi connectivity index (χ0) is 10.8. The molecular formula is C12H24O2. The topological polar surface area (TPSA) is 29.5 Å². The monoisotopic (exact) mass is 200 g/mol. The highest BCUT2D eigenvalue weighted by Crippen LogP contribution is 2.39. The van der Waals surface area contributed by atoms with Crippen molar-refractivity contribution in [1.29, 1.82) is 0 Å². The van der Waals surface area contributed by atoms with Gasteiger partial charge in [-0.05, 0) is 24.7 Å². The van der Waals surface area contributed by atoms with Crippen LogP contribution >= 0.6 is 0 Å². The van der Waals surface area contributed by atoms with E-state index in [0.717, 1.165) is 19.3 Å². The summed E-state index contributed by atoms with van der Waals surface area (Å²) >= 11 is 0. The first kappa shape index (κ1) is 12.0. The molecule has 0 aromatic rings. The van der Waals surface area contributed by atoms with Crippen molar-refractivity contribution in [2.24, 2.45) is 11.8 Å². The maximum absolute atomic E-state index is 10.6.